The van der Waals surface area contributed by atoms with Gasteiger partial charge in [0.05, 0.1) is 12.7 Å². The molecule has 1 aromatic rings. The van der Waals surface area contributed by atoms with Crippen LogP contribution in [0.3, 0.4) is 0 Å². The van der Waals surface area contributed by atoms with Crippen molar-refractivity contribution in [1.29, 1.82) is 0 Å². The molecule has 1 saturated carbocycles. The fourth-order valence-electron chi connectivity index (χ4n) is 3.56. The lowest BCUT2D eigenvalue weighted by Gasteiger charge is -2.24. The molecule has 0 aromatic heterocycles. The van der Waals surface area contributed by atoms with Crippen molar-refractivity contribution in [2.75, 3.05) is 13.7 Å². The van der Waals surface area contributed by atoms with Crippen molar-refractivity contribution in [2.45, 2.75) is 44.2 Å². The Labute approximate surface area is 125 Å². The van der Waals surface area contributed by atoms with Crippen LogP contribution in [0.2, 0.25) is 0 Å². The molecular formula is C17H23NO3. The maximum Gasteiger partial charge on any atom is 0.337 e. The average molecular weight is 289 g/mol. The van der Waals surface area contributed by atoms with Gasteiger partial charge in [0.25, 0.3) is 0 Å². The van der Waals surface area contributed by atoms with Crippen molar-refractivity contribution in [3.8, 4) is 5.75 Å². The lowest BCUT2D eigenvalue weighted by Crippen LogP contribution is -2.35. The summed E-state index contributed by atoms with van der Waals surface area (Å²) in [6.45, 7) is 0.699. The molecule has 1 saturated heterocycles. The molecule has 1 aliphatic carbocycles. The van der Waals surface area contributed by atoms with Crippen molar-refractivity contribution in [3.05, 3.63) is 29.8 Å². The number of nitrogens with one attached hydrogen (secondary N) is 1. The Bertz CT molecular complexity index is 471. The molecule has 3 unspecified atom stereocenters. The molecule has 2 fully saturated rings. The van der Waals surface area contributed by atoms with E-state index in [1.54, 1.807) is 12.1 Å². The van der Waals surface area contributed by atoms with Crippen LogP contribution < -0.4 is 10.1 Å². The molecule has 2 aliphatic rings. The predicted molar refractivity (Wildman–Crippen MR) is 80.6 cm³/mol. The van der Waals surface area contributed by atoms with Crippen molar-refractivity contribution < 1.29 is 14.3 Å². The van der Waals surface area contributed by atoms with Crippen LogP contribution in [0, 0.1) is 5.92 Å². The van der Waals surface area contributed by atoms with Crippen LogP contribution in [0.25, 0.3) is 0 Å². The average Bonchev–Trinajstić information content (AvgIpc) is 2.95. The Kier molecular flexibility index (Phi) is 4.44. The van der Waals surface area contributed by atoms with Crippen molar-refractivity contribution >= 4 is 5.97 Å². The largest absolute Gasteiger partial charge is 0.492 e. The number of carbonyl (C=O) groups is 1. The van der Waals surface area contributed by atoms with Crippen LogP contribution in [0.15, 0.2) is 24.3 Å². The van der Waals surface area contributed by atoms with Crippen molar-refractivity contribution in [1.82, 2.24) is 5.32 Å². The van der Waals surface area contributed by atoms with Gasteiger partial charge in [0.15, 0.2) is 0 Å². The topological polar surface area (TPSA) is 47.6 Å². The number of ether oxygens (including phenoxy) is 2. The van der Waals surface area contributed by atoms with Gasteiger partial charge >= 0.3 is 5.97 Å². The highest BCUT2D eigenvalue weighted by Crippen LogP contribution is 2.33. The number of fused-ring (bicyclic) bond motifs is 1. The summed E-state index contributed by atoms with van der Waals surface area (Å²) in [5.74, 6) is 1.33. The number of rotatable bonds is 4. The van der Waals surface area contributed by atoms with Gasteiger partial charge in [-0.25, -0.2) is 4.79 Å². The van der Waals surface area contributed by atoms with Gasteiger partial charge in [-0.05, 0) is 49.4 Å². The maximum atomic E-state index is 11.4. The molecule has 4 heteroatoms. The Morgan fingerprint density at radius 3 is 2.71 bits per heavy atom. The number of hydrogen-bond donors (Lipinski definition) is 1. The van der Waals surface area contributed by atoms with Gasteiger partial charge in [-0.15, -0.1) is 0 Å². The summed E-state index contributed by atoms with van der Waals surface area (Å²) in [7, 11) is 1.39. The number of esters is 1. The van der Waals surface area contributed by atoms with Crippen LogP contribution in [-0.4, -0.2) is 31.8 Å². The molecule has 21 heavy (non-hydrogen) atoms. The Hall–Kier alpha value is -1.55. The van der Waals surface area contributed by atoms with Crippen LogP contribution in [-0.2, 0) is 4.74 Å². The second-order valence-corrected chi connectivity index (χ2v) is 6.08. The Morgan fingerprint density at radius 1 is 1.24 bits per heavy atom. The monoisotopic (exact) mass is 289 g/mol. The van der Waals surface area contributed by atoms with E-state index in [-0.39, 0.29) is 5.97 Å². The molecule has 0 bridgehead atoms. The first kappa shape index (κ1) is 14.4. The van der Waals surface area contributed by atoms with Crippen molar-refractivity contribution in [3.63, 3.8) is 0 Å². The molecule has 1 N–H and O–H groups in total. The molecule has 0 amide bonds. The quantitative estimate of drug-likeness (QED) is 0.866. The summed E-state index contributed by atoms with van der Waals surface area (Å²) in [6.07, 6.45) is 6.64. The molecular weight excluding hydrogens is 266 g/mol. The summed E-state index contributed by atoms with van der Waals surface area (Å²) in [6, 6.07) is 8.29. The summed E-state index contributed by atoms with van der Waals surface area (Å²) in [5, 5.41) is 3.70. The Morgan fingerprint density at radius 2 is 2.00 bits per heavy atom. The minimum atomic E-state index is -0.317. The van der Waals surface area contributed by atoms with Gasteiger partial charge in [0, 0.05) is 12.1 Å². The van der Waals surface area contributed by atoms with Gasteiger partial charge in [0.1, 0.15) is 12.4 Å². The van der Waals surface area contributed by atoms with Crippen LogP contribution in [0.5, 0.6) is 5.75 Å². The van der Waals surface area contributed by atoms with E-state index in [1.807, 2.05) is 12.1 Å². The summed E-state index contributed by atoms with van der Waals surface area (Å²) in [5.41, 5.74) is 0.551. The number of carbonyl (C=O) groups excluding carboxylic acids is 1. The highest BCUT2D eigenvalue weighted by Gasteiger charge is 2.35. The van der Waals surface area contributed by atoms with E-state index < -0.39 is 0 Å². The normalized spacial score (nSPS) is 28.0. The van der Waals surface area contributed by atoms with Gasteiger partial charge < -0.3 is 14.8 Å². The Balaban J connectivity index is 1.50. The zero-order chi connectivity index (χ0) is 14.7. The van der Waals surface area contributed by atoms with E-state index in [1.165, 1.54) is 39.2 Å². The fourth-order valence-corrected chi connectivity index (χ4v) is 3.56. The van der Waals surface area contributed by atoms with E-state index in [2.05, 4.69) is 10.1 Å². The third-order valence-corrected chi connectivity index (χ3v) is 4.67. The van der Waals surface area contributed by atoms with Crippen LogP contribution >= 0.6 is 0 Å². The summed E-state index contributed by atoms with van der Waals surface area (Å²) in [4.78, 5) is 11.4. The molecule has 114 valence electrons. The SMILES string of the molecule is COC(=O)c1ccc(OCC2CC3CCCCC3N2)cc1. The first-order valence-electron chi connectivity index (χ1n) is 7.83. The highest BCUT2D eigenvalue weighted by molar-refractivity contribution is 5.89. The van der Waals surface area contributed by atoms with Gasteiger partial charge in [-0.3, -0.25) is 0 Å². The first-order chi connectivity index (χ1) is 10.3. The predicted octanol–water partition coefficient (Wildman–Crippen LogP) is 2.77. The molecule has 4 nitrogen and oxygen atoms in total. The highest BCUT2D eigenvalue weighted by atomic mass is 16.5. The molecule has 0 spiro atoms. The summed E-state index contributed by atoms with van der Waals surface area (Å²) >= 11 is 0. The van der Waals surface area contributed by atoms with Crippen LogP contribution in [0.1, 0.15) is 42.5 Å². The lowest BCUT2D eigenvalue weighted by atomic mass is 9.85. The molecule has 3 atom stereocenters. The second-order valence-electron chi connectivity index (χ2n) is 6.08. The zero-order valence-electron chi connectivity index (χ0n) is 12.5. The van der Waals surface area contributed by atoms with Crippen LogP contribution in [0.4, 0.5) is 0 Å². The minimum Gasteiger partial charge on any atom is -0.492 e. The van der Waals surface area contributed by atoms with E-state index in [4.69, 9.17) is 4.74 Å². The second kappa shape index (κ2) is 6.48. The fraction of sp³-hybridized carbons (Fsp3) is 0.588. The van der Waals surface area contributed by atoms with Gasteiger partial charge in [0.2, 0.25) is 0 Å². The van der Waals surface area contributed by atoms with E-state index >= 15 is 0 Å². The standard InChI is InChI=1S/C17H23NO3/c1-20-17(19)12-6-8-15(9-7-12)21-11-14-10-13-4-2-3-5-16(13)18-14/h6-9,13-14,16,18H,2-5,10-11H2,1H3. The third-order valence-electron chi connectivity index (χ3n) is 4.67. The van der Waals surface area contributed by atoms with E-state index in [0.717, 1.165) is 11.7 Å². The zero-order valence-corrected chi connectivity index (χ0v) is 12.5. The smallest absolute Gasteiger partial charge is 0.337 e. The van der Waals surface area contributed by atoms with Gasteiger partial charge in [-0.2, -0.15) is 0 Å². The molecule has 3 rings (SSSR count). The minimum absolute atomic E-state index is 0.317. The van der Waals surface area contributed by atoms with Crippen molar-refractivity contribution in [2.24, 2.45) is 5.92 Å². The molecule has 1 heterocycles. The summed E-state index contributed by atoms with van der Waals surface area (Å²) < 4.78 is 10.5. The van der Waals surface area contributed by atoms with E-state index in [9.17, 15) is 4.79 Å². The van der Waals surface area contributed by atoms with Gasteiger partial charge in [-0.1, -0.05) is 12.8 Å². The first-order valence-corrected chi connectivity index (χ1v) is 7.83. The molecule has 1 aliphatic heterocycles. The number of benzene rings is 1. The maximum absolute atomic E-state index is 11.4. The number of methoxy groups -OCH3 is 1. The van der Waals surface area contributed by atoms with E-state index in [0.29, 0.717) is 24.3 Å². The third kappa shape index (κ3) is 3.38. The number of hydrogen-bond acceptors (Lipinski definition) is 4. The molecule has 0 radical (unpaired) electrons. The molecule has 1 aromatic carbocycles. The lowest BCUT2D eigenvalue weighted by molar-refractivity contribution is 0.0600.